The van der Waals surface area contributed by atoms with E-state index < -0.39 is 0 Å². The van der Waals surface area contributed by atoms with Gasteiger partial charge in [0.05, 0.1) is 0 Å². The van der Waals surface area contributed by atoms with Crippen molar-refractivity contribution in [1.82, 2.24) is 5.32 Å². The van der Waals surface area contributed by atoms with Gasteiger partial charge >= 0.3 is 0 Å². The fourth-order valence-corrected chi connectivity index (χ4v) is 1.19. The molecule has 0 aliphatic heterocycles. The minimum Gasteiger partial charge on any atom is -0.317 e. The van der Waals surface area contributed by atoms with Crippen LogP contribution in [0.5, 0.6) is 0 Å². The molecular weight excluding hydrogens is 158 g/mol. The van der Waals surface area contributed by atoms with E-state index >= 15 is 0 Å². The van der Waals surface area contributed by atoms with Gasteiger partial charge in [-0.1, -0.05) is 18.1 Å². The van der Waals surface area contributed by atoms with E-state index in [4.69, 9.17) is 6.42 Å². The standard InChI is InChI=1S/C12H15N/c1-4-11-5-7-12(8-6-11)9-10(2)13-3/h1,5-8,10,13H,9H2,2-3H3. The van der Waals surface area contributed by atoms with Crippen LogP contribution in [0.2, 0.25) is 0 Å². The van der Waals surface area contributed by atoms with Crippen LogP contribution in [0.1, 0.15) is 18.1 Å². The monoisotopic (exact) mass is 173 g/mol. The Hall–Kier alpha value is -1.26. The molecule has 0 aliphatic rings. The Kier molecular flexibility index (Phi) is 3.54. The molecule has 0 saturated carbocycles. The molecule has 0 heterocycles. The van der Waals surface area contributed by atoms with Crippen molar-refractivity contribution in [3.8, 4) is 12.3 Å². The smallest absolute Gasteiger partial charge is 0.0242 e. The van der Waals surface area contributed by atoms with Crippen LogP contribution < -0.4 is 5.32 Å². The zero-order valence-electron chi connectivity index (χ0n) is 8.17. The van der Waals surface area contributed by atoms with Crippen molar-refractivity contribution in [1.29, 1.82) is 0 Å². The van der Waals surface area contributed by atoms with Crippen LogP contribution in [-0.4, -0.2) is 13.1 Å². The summed E-state index contributed by atoms with van der Waals surface area (Å²) in [6.45, 7) is 2.16. The van der Waals surface area contributed by atoms with E-state index in [1.165, 1.54) is 5.56 Å². The third-order valence-corrected chi connectivity index (χ3v) is 2.16. The predicted molar refractivity (Wildman–Crippen MR) is 56.6 cm³/mol. The Morgan fingerprint density at radius 3 is 2.46 bits per heavy atom. The molecule has 1 atom stereocenters. The van der Waals surface area contributed by atoms with Gasteiger partial charge in [0.15, 0.2) is 0 Å². The highest BCUT2D eigenvalue weighted by atomic mass is 14.8. The molecule has 68 valence electrons. The molecule has 0 bridgehead atoms. The first-order chi connectivity index (χ1) is 6.26. The lowest BCUT2D eigenvalue weighted by Gasteiger charge is -2.09. The Labute approximate surface area is 80.2 Å². The molecule has 1 heteroatoms. The van der Waals surface area contributed by atoms with Gasteiger partial charge in [-0.2, -0.15) is 0 Å². The van der Waals surface area contributed by atoms with E-state index in [9.17, 15) is 0 Å². The van der Waals surface area contributed by atoms with Crippen LogP contribution in [0.25, 0.3) is 0 Å². The number of benzene rings is 1. The lowest BCUT2D eigenvalue weighted by Crippen LogP contribution is -2.23. The van der Waals surface area contributed by atoms with E-state index in [0.717, 1.165) is 12.0 Å². The quantitative estimate of drug-likeness (QED) is 0.687. The largest absolute Gasteiger partial charge is 0.317 e. The molecular formula is C12H15N. The molecule has 1 unspecified atom stereocenters. The van der Waals surface area contributed by atoms with Crippen LogP contribution in [0, 0.1) is 12.3 Å². The molecule has 1 rings (SSSR count). The number of nitrogens with one attached hydrogen (secondary N) is 1. The summed E-state index contributed by atoms with van der Waals surface area (Å²) in [7, 11) is 1.97. The van der Waals surface area contributed by atoms with Crippen molar-refractivity contribution < 1.29 is 0 Å². The molecule has 1 aromatic carbocycles. The highest BCUT2D eigenvalue weighted by Crippen LogP contribution is 2.05. The first kappa shape index (κ1) is 9.83. The van der Waals surface area contributed by atoms with Crippen LogP contribution in [0.4, 0.5) is 0 Å². The van der Waals surface area contributed by atoms with Gasteiger partial charge < -0.3 is 5.32 Å². The van der Waals surface area contributed by atoms with Gasteiger partial charge in [-0.25, -0.2) is 0 Å². The van der Waals surface area contributed by atoms with Crippen LogP contribution in [0.3, 0.4) is 0 Å². The van der Waals surface area contributed by atoms with Crippen molar-refractivity contribution in [3.63, 3.8) is 0 Å². The normalized spacial score (nSPS) is 12.1. The van der Waals surface area contributed by atoms with Gasteiger partial charge in [-0.15, -0.1) is 6.42 Å². The van der Waals surface area contributed by atoms with Crippen molar-refractivity contribution >= 4 is 0 Å². The van der Waals surface area contributed by atoms with Crippen molar-refractivity contribution in [2.45, 2.75) is 19.4 Å². The number of hydrogen-bond acceptors (Lipinski definition) is 1. The van der Waals surface area contributed by atoms with E-state index in [0.29, 0.717) is 6.04 Å². The van der Waals surface area contributed by atoms with E-state index in [1.54, 1.807) is 0 Å². The highest BCUT2D eigenvalue weighted by Gasteiger charge is 1.99. The summed E-state index contributed by atoms with van der Waals surface area (Å²) in [5.74, 6) is 2.61. The summed E-state index contributed by atoms with van der Waals surface area (Å²) in [4.78, 5) is 0. The van der Waals surface area contributed by atoms with E-state index in [2.05, 4.69) is 30.3 Å². The lowest BCUT2D eigenvalue weighted by molar-refractivity contribution is 0.608. The minimum atomic E-state index is 0.511. The van der Waals surface area contributed by atoms with Gasteiger partial charge in [0.25, 0.3) is 0 Å². The highest BCUT2D eigenvalue weighted by molar-refractivity contribution is 5.34. The predicted octanol–water partition coefficient (Wildman–Crippen LogP) is 1.82. The SMILES string of the molecule is C#Cc1ccc(CC(C)NC)cc1. The summed E-state index contributed by atoms with van der Waals surface area (Å²) in [5.41, 5.74) is 2.27. The van der Waals surface area contributed by atoms with E-state index in [-0.39, 0.29) is 0 Å². The Morgan fingerprint density at radius 2 is 2.00 bits per heavy atom. The van der Waals surface area contributed by atoms with Gasteiger partial charge in [-0.3, -0.25) is 0 Å². The fraction of sp³-hybridized carbons (Fsp3) is 0.333. The van der Waals surface area contributed by atoms with Gasteiger partial charge in [-0.05, 0) is 38.1 Å². The number of rotatable bonds is 3. The maximum atomic E-state index is 5.26. The molecule has 13 heavy (non-hydrogen) atoms. The molecule has 0 spiro atoms. The number of hydrogen-bond donors (Lipinski definition) is 1. The van der Waals surface area contributed by atoms with Crippen molar-refractivity contribution in [2.75, 3.05) is 7.05 Å². The average molecular weight is 173 g/mol. The second-order valence-electron chi connectivity index (χ2n) is 3.24. The second-order valence-corrected chi connectivity index (χ2v) is 3.24. The topological polar surface area (TPSA) is 12.0 Å². The summed E-state index contributed by atoms with van der Waals surface area (Å²) < 4.78 is 0. The first-order valence-electron chi connectivity index (χ1n) is 4.49. The van der Waals surface area contributed by atoms with Crippen LogP contribution in [0.15, 0.2) is 24.3 Å². The van der Waals surface area contributed by atoms with Crippen LogP contribution >= 0.6 is 0 Å². The number of terminal acetylenes is 1. The zero-order valence-corrected chi connectivity index (χ0v) is 8.17. The Balaban J connectivity index is 2.65. The van der Waals surface area contributed by atoms with Crippen molar-refractivity contribution in [2.24, 2.45) is 0 Å². The first-order valence-corrected chi connectivity index (χ1v) is 4.49. The average Bonchev–Trinajstić information content (AvgIpc) is 2.19. The molecule has 0 aromatic heterocycles. The Morgan fingerprint density at radius 1 is 1.38 bits per heavy atom. The van der Waals surface area contributed by atoms with Gasteiger partial charge in [0, 0.05) is 11.6 Å². The molecule has 0 amide bonds. The van der Waals surface area contributed by atoms with Crippen LogP contribution in [-0.2, 0) is 6.42 Å². The summed E-state index contributed by atoms with van der Waals surface area (Å²) in [6.07, 6.45) is 6.31. The molecule has 0 fully saturated rings. The summed E-state index contributed by atoms with van der Waals surface area (Å²) in [6, 6.07) is 8.65. The van der Waals surface area contributed by atoms with Gasteiger partial charge in [0.1, 0.15) is 0 Å². The maximum absolute atomic E-state index is 5.26. The molecule has 0 saturated heterocycles. The maximum Gasteiger partial charge on any atom is 0.0242 e. The van der Waals surface area contributed by atoms with Gasteiger partial charge in [0.2, 0.25) is 0 Å². The summed E-state index contributed by atoms with van der Waals surface area (Å²) >= 11 is 0. The molecule has 1 N–H and O–H groups in total. The third-order valence-electron chi connectivity index (χ3n) is 2.16. The zero-order chi connectivity index (χ0) is 9.68. The molecule has 1 aromatic rings. The number of likely N-dealkylation sites (N-methyl/N-ethyl adjacent to an activating group) is 1. The minimum absolute atomic E-state index is 0.511. The third kappa shape index (κ3) is 2.93. The second kappa shape index (κ2) is 4.69. The Bertz CT molecular complexity index is 292. The molecule has 0 aliphatic carbocycles. The lowest BCUT2D eigenvalue weighted by atomic mass is 10.1. The summed E-state index contributed by atoms with van der Waals surface area (Å²) in [5, 5.41) is 3.20. The fourth-order valence-electron chi connectivity index (χ4n) is 1.19. The van der Waals surface area contributed by atoms with E-state index in [1.807, 2.05) is 19.2 Å². The molecule has 1 nitrogen and oxygen atoms in total. The van der Waals surface area contributed by atoms with Crippen molar-refractivity contribution in [3.05, 3.63) is 35.4 Å². The molecule has 0 radical (unpaired) electrons.